The van der Waals surface area contributed by atoms with Crippen LogP contribution >= 0.6 is 0 Å². The summed E-state index contributed by atoms with van der Waals surface area (Å²) in [5.74, 6) is -0.646. The molecule has 4 rings (SSSR count). The zero-order chi connectivity index (χ0) is 16.0. The van der Waals surface area contributed by atoms with Gasteiger partial charge < -0.3 is 4.42 Å². The van der Waals surface area contributed by atoms with E-state index >= 15 is 0 Å². The summed E-state index contributed by atoms with van der Waals surface area (Å²) in [7, 11) is 0. The molecule has 3 aromatic carbocycles. The molecule has 0 amide bonds. The molecule has 23 heavy (non-hydrogen) atoms. The van der Waals surface area contributed by atoms with Crippen LogP contribution in [0.5, 0.6) is 0 Å². The minimum Gasteiger partial charge on any atom is -0.455 e. The molecule has 0 saturated heterocycles. The van der Waals surface area contributed by atoms with Crippen LogP contribution in [-0.4, -0.2) is 4.92 Å². The third-order valence-corrected chi connectivity index (χ3v) is 3.86. The van der Waals surface area contributed by atoms with Crippen LogP contribution in [0.15, 0.2) is 65.1 Å². The van der Waals surface area contributed by atoms with E-state index in [1.807, 2.05) is 30.3 Å². The standard InChI is InChI=1S/C18H10FNO3/c19-14-8-4-9-15(20(21)22)17(14)13-7-3-6-12-11-5-1-2-10-16(11)23-18(12)13/h1-10H. The molecule has 0 aliphatic rings. The molecule has 0 radical (unpaired) electrons. The number of rotatable bonds is 2. The van der Waals surface area contributed by atoms with Crippen molar-refractivity contribution in [1.82, 2.24) is 0 Å². The van der Waals surface area contributed by atoms with E-state index in [1.54, 1.807) is 12.1 Å². The Morgan fingerprint density at radius 2 is 1.65 bits per heavy atom. The average Bonchev–Trinajstić information content (AvgIpc) is 2.93. The van der Waals surface area contributed by atoms with Crippen LogP contribution < -0.4 is 0 Å². The van der Waals surface area contributed by atoms with Gasteiger partial charge in [-0.05, 0) is 12.1 Å². The first-order valence-electron chi connectivity index (χ1n) is 7.00. The minimum atomic E-state index is -0.646. The Hall–Kier alpha value is -3.21. The van der Waals surface area contributed by atoms with Crippen LogP contribution in [0.1, 0.15) is 0 Å². The molecule has 5 heteroatoms. The van der Waals surface area contributed by atoms with E-state index < -0.39 is 10.7 Å². The smallest absolute Gasteiger partial charge is 0.280 e. The van der Waals surface area contributed by atoms with Gasteiger partial charge in [0.05, 0.1) is 10.5 Å². The fourth-order valence-corrected chi connectivity index (χ4v) is 2.88. The number of hydrogen-bond donors (Lipinski definition) is 0. The fraction of sp³-hybridized carbons (Fsp3) is 0. The van der Waals surface area contributed by atoms with Crippen molar-refractivity contribution < 1.29 is 13.7 Å². The molecule has 0 spiro atoms. The quantitative estimate of drug-likeness (QED) is 0.373. The van der Waals surface area contributed by atoms with E-state index in [2.05, 4.69) is 0 Å². The van der Waals surface area contributed by atoms with Gasteiger partial charge in [-0.25, -0.2) is 4.39 Å². The first kappa shape index (κ1) is 13.5. The monoisotopic (exact) mass is 307 g/mol. The van der Waals surface area contributed by atoms with Crippen molar-refractivity contribution in [1.29, 1.82) is 0 Å². The summed E-state index contributed by atoms with van der Waals surface area (Å²) in [6, 6.07) is 16.5. The van der Waals surface area contributed by atoms with Crippen molar-refractivity contribution in [2.45, 2.75) is 0 Å². The molecule has 1 heterocycles. The van der Waals surface area contributed by atoms with Gasteiger partial charge in [-0.3, -0.25) is 10.1 Å². The first-order valence-corrected chi connectivity index (χ1v) is 7.00. The lowest BCUT2D eigenvalue weighted by molar-refractivity contribution is -0.384. The third-order valence-electron chi connectivity index (χ3n) is 3.86. The lowest BCUT2D eigenvalue weighted by Crippen LogP contribution is -1.95. The highest BCUT2D eigenvalue weighted by Crippen LogP contribution is 2.40. The zero-order valence-corrected chi connectivity index (χ0v) is 11.8. The number of fused-ring (bicyclic) bond motifs is 3. The summed E-state index contributed by atoms with van der Waals surface area (Å²) in [5, 5.41) is 13.0. The normalized spacial score (nSPS) is 11.2. The van der Waals surface area contributed by atoms with Crippen molar-refractivity contribution >= 4 is 27.6 Å². The molecule has 0 fully saturated rings. The number of benzene rings is 3. The van der Waals surface area contributed by atoms with Gasteiger partial charge in [0.25, 0.3) is 5.69 Å². The zero-order valence-electron chi connectivity index (χ0n) is 11.8. The summed E-state index contributed by atoms with van der Waals surface area (Å²) in [4.78, 5) is 10.7. The van der Waals surface area contributed by atoms with Crippen molar-refractivity contribution in [2.24, 2.45) is 0 Å². The fourth-order valence-electron chi connectivity index (χ4n) is 2.88. The molecule has 0 aliphatic heterocycles. The van der Waals surface area contributed by atoms with Gasteiger partial charge in [0.1, 0.15) is 17.0 Å². The van der Waals surface area contributed by atoms with E-state index in [4.69, 9.17) is 4.42 Å². The summed E-state index contributed by atoms with van der Waals surface area (Å²) in [6.07, 6.45) is 0. The maximum absolute atomic E-state index is 14.3. The predicted molar refractivity (Wildman–Crippen MR) is 85.8 cm³/mol. The number of hydrogen-bond acceptors (Lipinski definition) is 3. The van der Waals surface area contributed by atoms with Gasteiger partial charge in [0.2, 0.25) is 0 Å². The predicted octanol–water partition coefficient (Wildman–Crippen LogP) is 5.30. The summed E-state index contributed by atoms with van der Waals surface area (Å²) in [6.45, 7) is 0. The highest BCUT2D eigenvalue weighted by Gasteiger charge is 2.23. The molecule has 0 bridgehead atoms. The van der Waals surface area contributed by atoms with Crippen LogP contribution in [0.2, 0.25) is 0 Å². The second-order valence-corrected chi connectivity index (χ2v) is 5.17. The maximum atomic E-state index is 14.3. The second-order valence-electron chi connectivity index (χ2n) is 5.17. The Kier molecular flexibility index (Phi) is 2.87. The van der Waals surface area contributed by atoms with E-state index in [0.29, 0.717) is 16.7 Å². The summed E-state index contributed by atoms with van der Waals surface area (Å²) in [5.41, 5.74) is 1.15. The maximum Gasteiger partial charge on any atom is 0.280 e. The van der Waals surface area contributed by atoms with Gasteiger partial charge in [-0.1, -0.05) is 42.5 Å². The Bertz CT molecular complexity index is 1070. The SMILES string of the molecule is O=[N+]([O-])c1cccc(F)c1-c1cccc2c1oc1ccccc12. The van der Waals surface area contributed by atoms with Crippen molar-refractivity contribution in [3.05, 3.63) is 76.6 Å². The lowest BCUT2D eigenvalue weighted by Gasteiger charge is -2.05. The van der Waals surface area contributed by atoms with Crippen LogP contribution in [0.3, 0.4) is 0 Å². The second kappa shape index (κ2) is 4.91. The van der Waals surface area contributed by atoms with Crippen molar-refractivity contribution in [3.8, 4) is 11.1 Å². The van der Waals surface area contributed by atoms with Gasteiger partial charge in [-0.15, -0.1) is 0 Å². The lowest BCUT2D eigenvalue weighted by atomic mass is 10.0. The number of para-hydroxylation sites is 2. The number of nitro groups is 1. The Balaban J connectivity index is 2.14. The summed E-state index contributed by atoms with van der Waals surface area (Å²) < 4.78 is 20.2. The van der Waals surface area contributed by atoms with Crippen LogP contribution in [-0.2, 0) is 0 Å². The van der Waals surface area contributed by atoms with E-state index in [9.17, 15) is 14.5 Å². The van der Waals surface area contributed by atoms with Crippen LogP contribution in [0, 0.1) is 15.9 Å². The minimum absolute atomic E-state index is 0.0536. The Labute approximate surface area is 129 Å². The average molecular weight is 307 g/mol. The molecular formula is C18H10FNO3. The van der Waals surface area contributed by atoms with E-state index in [0.717, 1.165) is 10.8 Å². The van der Waals surface area contributed by atoms with E-state index in [1.165, 1.54) is 18.2 Å². The number of nitro benzene ring substituents is 1. The third kappa shape index (κ3) is 1.97. The topological polar surface area (TPSA) is 56.3 Å². The molecule has 0 saturated carbocycles. The van der Waals surface area contributed by atoms with Crippen LogP contribution in [0.25, 0.3) is 33.1 Å². The molecule has 0 N–H and O–H groups in total. The molecule has 1 aromatic heterocycles. The van der Waals surface area contributed by atoms with Gasteiger partial charge in [0.15, 0.2) is 0 Å². The van der Waals surface area contributed by atoms with E-state index in [-0.39, 0.29) is 11.3 Å². The molecule has 112 valence electrons. The Morgan fingerprint density at radius 1 is 0.913 bits per heavy atom. The summed E-state index contributed by atoms with van der Waals surface area (Å²) >= 11 is 0. The van der Waals surface area contributed by atoms with Gasteiger partial charge >= 0.3 is 0 Å². The largest absolute Gasteiger partial charge is 0.455 e. The molecule has 0 atom stereocenters. The molecule has 4 nitrogen and oxygen atoms in total. The Morgan fingerprint density at radius 3 is 2.48 bits per heavy atom. The molecule has 0 aliphatic carbocycles. The van der Waals surface area contributed by atoms with Gasteiger partial charge in [-0.2, -0.15) is 0 Å². The number of furan rings is 1. The molecule has 4 aromatic rings. The molecule has 0 unspecified atom stereocenters. The number of halogens is 1. The number of nitrogens with zero attached hydrogens (tertiary/aromatic N) is 1. The van der Waals surface area contributed by atoms with Crippen LogP contribution in [0.4, 0.5) is 10.1 Å². The van der Waals surface area contributed by atoms with Crippen molar-refractivity contribution in [3.63, 3.8) is 0 Å². The van der Waals surface area contributed by atoms with Crippen molar-refractivity contribution in [2.75, 3.05) is 0 Å². The highest BCUT2D eigenvalue weighted by atomic mass is 19.1. The first-order chi connectivity index (χ1) is 11.2. The highest BCUT2D eigenvalue weighted by molar-refractivity contribution is 6.10. The van der Waals surface area contributed by atoms with Gasteiger partial charge in [0, 0.05) is 22.4 Å². The molecular weight excluding hydrogens is 297 g/mol.